The van der Waals surface area contributed by atoms with Crippen LogP contribution in [0, 0.1) is 0 Å². The van der Waals surface area contributed by atoms with Crippen molar-refractivity contribution < 1.29 is 9.59 Å². The highest BCUT2D eigenvalue weighted by Crippen LogP contribution is 2.21. The van der Waals surface area contributed by atoms with Gasteiger partial charge in [0, 0.05) is 32.4 Å². The van der Waals surface area contributed by atoms with Crippen LogP contribution >= 0.6 is 0 Å². The fourth-order valence-corrected chi connectivity index (χ4v) is 3.36. The third-order valence-electron chi connectivity index (χ3n) is 5.02. The van der Waals surface area contributed by atoms with E-state index in [1.165, 1.54) is 6.42 Å². The third-order valence-corrected chi connectivity index (χ3v) is 5.02. The summed E-state index contributed by atoms with van der Waals surface area (Å²) in [6.45, 7) is 0.394. The molecule has 0 aromatic heterocycles. The summed E-state index contributed by atoms with van der Waals surface area (Å²) in [6, 6.07) is 8.40. The first kappa shape index (κ1) is 20.2. The zero-order valence-corrected chi connectivity index (χ0v) is 16.4. The number of nitrogens with zero attached hydrogens (tertiary/aromatic N) is 2. The Bertz CT molecular complexity index is 592. The number of hydrogen-bond acceptors (Lipinski definition) is 4. The maximum absolute atomic E-state index is 12.2. The maximum Gasteiger partial charge on any atom is 0.309 e. The largest absolute Gasteiger partial charge is 0.378 e. The van der Waals surface area contributed by atoms with Gasteiger partial charge in [-0.3, -0.25) is 9.59 Å². The van der Waals surface area contributed by atoms with Gasteiger partial charge in [-0.15, -0.1) is 0 Å². The Labute approximate surface area is 156 Å². The predicted molar refractivity (Wildman–Crippen MR) is 105 cm³/mol. The smallest absolute Gasteiger partial charge is 0.309 e. The monoisotopic (exact) mass is 360 g/mol. The van der Waals surface area contributed by atoms with Crippen LogP contribution in [0.5, 0.6) is 0 Å². The molecule has 26 heavy (non-hydrogen) atoms. The molecule has 1 aliphatic carbocycles. The second kappa shape index (κ2) is 9.57. The molecular weight excluding hydrogens is 328 g/mol. The number of benzene rings is 1. The van der Waals surface area contributed by atoms with E-state index in [2.05, 4.69) is 34.9 Å². The van der Waals surface area contributed by atoms with E-state index in [-0.39, 0.29) is 12.1 Å². The Morgan fingerprint density at radius 1 is 1.00 bits per heavy atom. The van der Waals surface area contributed by atoms with Gasteiger partial charge < -0.3 is 20.4 Å². The highest BCUT2D eigenvalue weighted by atomic mass is 16.2. The van der Waals surface area contributed by atoms with Crippen LogP contribution in [-0.2, 0) is 9.59 Å². The van der Waals surface area contributed by atoms with Crippen molar-refractivity contribution in [3.8, 4) is 0 Å². The fraction of sp³-hybridized carbons (Fsp3) is 0.600. The van der Waals surface area contributed by atoms with E-state index < -0.39 is 11.8 Å². The number of rotatable bonds is 6. The quantitative estimate of drug-likeness (QED) is 0.761. The van der Waals surface area contributed by atoms with Crippen LogP contribution in [0.1, 0.15) is 43.7 Å². The molecule has 1 saturated carbocycles. The molecule has 0 bridgehead atoms. The van der Waals surface area contributed by atoms with Crippen molar-refractivity contribution in [2.75, 3.05) is 39.6 Å². The molecule has 6 heteroatoms. The van der Waals surface area contributed by atoms with E-state index in [1.54, 1.807) is 0 Å². The van der Waals surface area contributed by atoms with E-state index in [0.29, 0.717) is 6.54 Å². The number of hydrogen-bond donors (Lipinski definition) is 2. The standard InChI is InChI=1S/C20H32N4O2/c1-23(2)17-12-10-15(11-13-17)18(24(3)4)14-21-19(25)20(26)22-16-8-6-5-7-9-16/h10-13,16,18H,5-9,14H2,1-4H3,(H,21,25)(H,22,26)/t18-/m0/s1. The topological polar surface area (TPSA) is 64.7 Å². The Hall–Kier alpha value is -2.08. The summed E-state index contributed by atoms with van der Waals surface area (Å²) in [5, 5.41) is 5.65. The SMILES string of the molecule is CN(C)c1ccc([C@H](CNC(=O)C(=O)NC2CCCCC2)N(C)C)cc1. The molecule has 2 amide bonds. The molecule has 0 heterocycles. The fourth-order valence-electron chi connectivity index (χ4n) is 3.36. The molecule has 1 aliphatic rings. The van der Waals surface area contributed by atoms with Crippen LogP contribution in [0.2, 0.25) is 0 Å². The van der Waals surface area contributed by atoms with E-state index in [1.807, 2.05) is 38.0 Å². The molecule has 0 radical (unpaired) electrons. The Balaban J connectivity index is 1.90. The molecule has 2 rings (SSSR count). The Kier molecular flexibility index (Phi) is 7.45. The van der Waals surface area contributed by atoms with Crippen molar-refractivity contribution in [1.29, 1.82) is 0 Å². The molecule has 0 spiro atoms. The van der Waals surface area contributed by atoms with Crippen LogP contribution in [0.15, 0.2) is 24.3 Å². The lowest BCUT2D eigenvalue weighted by Gasteiger charge is -2.26. The molecule has 1 fully saturated rings. The van der Waals surface area contributed by atoms with Crippen molar-refractivity contribution in [1.82, 2.24) is 15.5 Å². The minimum Gasteiger partial charge on any atom is -0.378 e. The lowest BCUT2D eigenvalue weighted by Crippen LogP contribution is -2.46. The average molecular weight is 361 g/mol. The minimum atomic E-state index is -0.549. The van der Waals surface area contributed by atoms with E-state index in [4.69, 9.17) is 0 Å². The Morgan fingerprint density at radius 2 is 1.62 bits per heavy atom. The van der Waals surface area contributed by atoms with Crippen molar-refractivity contribution in [3.05, 3.63) is 29.8 Å². The van der Waals surface area contributed by atoms with Gasteiger partial charge in [-0.1, -0.05) is 31.4 Å². The zero-order chi connectivity index (χ0) is 19.1. The molecule has 1 aromatic carbocycles. The summed E-state index contributed by atoms with van der Waals surface area (Å²) in [5.41, 5.74) is 2.23. The van der Waals surface area contributed by atoms with Gasteiger partial charge in [0.2, 0.25) is 0 Å². The molecule has 1 aromatic rings. The molecule has 2 N–H and O–H groups in total. The molecule has 0 saturated heterocycles. The summed E-state index contributed by atoms with van der Waals surface area (Å²) < 4.78 is 0. The number of nitrogens with one attached hydrogen (secondary N) is 2. The van der Waals surface area contributed by atoms with Crippen molar-refractivity contribution in [3.63, 3.8) is 0 Å². The second-order valence-electron chi connectivity index (χ2n) is 7.48. The van der Waals surface area contributed by atoms with Gasteiger partial charge in [0.05, 0.1) is 6.04 Å². The summed E-state index contributed by atoms with van der Waals surface area (Å²) >= 11 is 0. The summed E-state index contributed by atoms with van der Waals surface area (Å²) in [6.07, 6.45) is 5.40. The summed E-state index contributed by atoms with van der Waals surface area (Å²) in [5.74, 6) is -1.07. The summed E-state index contributed by atoms with van der Waals surface area (Å²) in [7, 11) is 7.95. The van der Waals surface area contributed by atoms with Crippen LogP contribution in [0.25, 0.3) is 0 Å². The molecule has 144 valence electrons. The van der Waals surface area contributed by atoms with Gasteiger partial charge in [-0.25, -0.2) is 0 Å². The van der Waals surface area contributed by atoms with Crippen molar-refractivity contribution >= 4 is 17.5 Å². The van der Waals surface area contributed by atoms with Gasteiger partial charge in [0.15, 0.2) is 0 Å². The van der Waals surface area contributed by atoms with E-state index >= 15 is 0 Å². The van der Waals surface area contributed by atoms with Gasteiger partial charge in [0.1, 0.15) is 0 Å². The number of amides is 2. The predicted octanol–water partition coefficient (Wildman–Crippen LogP) is 1.92. The average Bonchev–Trinajstić information content (AvgIpc) is 2.62. The highest BCUT2D eigenvalue weighted by Gasteiger charge is 2.22. The second-order valence-corrected chi connectivity index (χ2v) is 7.48. The number of carbonyl (C=O) groups excluding carboxylic acids is 2. The van der Waals surface area contributed by atoms with Gasteiger partial charge >= 0.3 is 11.8 Å². The van der Waals surface area contributed by atoms with Gasteiger partial charge in [-0.2, -0.15) is 0 Å². The zero-order valence-electron chi connectivity index (χ0n) is 16.4. The van der Waals surface area contributed by atoms with Crippen molar-refractivity contribution in [2.24, 2.45) is 0 Å². The number of carbonyl (C=O) groups is 2. The van der Waals surface area contributed by atoms with Gasteiger partial charge in [0.25, 0.3) is 0 Å². The number of likely N-dealkylation sites (N-methyl/N-ethyl adjacent to an activating group) is 1. The molecule has 0 unspecified atom stereocenters. The molecular formula is C20H32N4O2. The third kappa shape index (κ3) is 5.73. The van der Waals surface area contributed by atoms with Crippen LogP contribution < -0.4 is 15.5 Å². The highest BCUT2D eigenvalue weighted by molar-refractivity contribution is 6.35. The van der Waals surface area contributed by atoms with Crippen molar-refractivity contribution in [2.45, 2.75) is 44.2 Å². The maximum atomic E-state index is 12.2. The van der Waals surface area contributed by atoms with E-state index in [9.17, 15) is 9.59 Å². The van der Waals surface area contributed by atoms with Crippen LogP contribution in [0.3, 0.4) is 0 Å². The first-order chi connectivity index (χ1) is 12.4. The summed E-state index contributed by atoms with van der Waals surface area (Å²) in [4.78, 5) is 28.4. The Morgan fingerprint density at radius 3 is 2.15 bits per heavy atom. The first-order valence-corrected chi connectivity index (χ1v) is 9.41. The van der Waals surface area contributed by atoms with Gasteiger partial charge in [-0.05, 0) is 44.6 Å². The van der Waals surface area contributed by atoms with E-state index in [0.717, 1.165) is 36.9 Å². The lowest BCUT2D eigenvalue weighted by molar-refractivity contribution is -0.139. The first-order valence-electron chi connectivity index (χ1n) is 9.41. The lowest BCUT2D eigenvalue weighted by atomic mass is 9.95. The minimum absolute atomic E-state index is 0.0117. The molecule has 6 nitrogen and oxygen atoms in total. The number of anilines is 1. The van der Waals surface area contributed by atoms with Crippen LogP contribution in [-0.4, -0.2) is 57.5 Å². The molecule has 0 aliphatic heterocycles. The normalized spacial score (nSPS) is 16.2. The molecule has 1 atom stereocenters. The van der Waals surface area contributed by atoms with Crippen LogP contribution in [0.4, 0.5) is 5.69 Å².